The Morgan fingerprint density at radius 2 is 1.89 bits per heavy atom. The fourth-order valence-corrected chi connectivity index (χ4v) is 2.30. The second-order valence-corrected chi connectivity index (χ2v) is 5.62. The summed E-state index contributed by atoms with van der Waals surface area (Å²) >= 11 is 0. The topological polar surface area (TPSA) is 29.5 Å². The van der Waals surface area contributed by atoms with Gasteiger partial charge in [-0.25, -0.2) is 0 Å². The molecule has 0 saturated heterocycles. The summed E-state index contributed by atoms with van der Waals surface area (Å²) < 4.78 is 6.10. The smallest absolute Gasteiger partial charge is 0.124 e. The molecule has 0 radical (unpaired) electrons. The van der Waals surface area contributed by atoms with Gasteiger partial charge >= 0.3 is 0 Å². The molecule has 0 spiro atoms. The van der Waals surface area contributed by atoms with E-state index in [9.17, 15) is 5.11 Å². The summed E-state index contributed by atoms with van der Waals surface area (Å²) in [5.74, 6) is 1.36. The molecule has 2 nitrogen and oxygen atoms in total. The molecule has 19 heavy (non-hydrogen) atoms. The van der Waals surface area contributed by atoms with Crippen LogP contribution in [0.25, 0.3) is 0 Å². The van der Waals surface area contributed by atoms with Crippen LogP contribution in [0.15, 0.2) is 18.2 Å². The molecule has 2 atom stereocenters. The van der Waals surface area contributed by atoms with Crippen LogP contribution in [0, 0.1) is 6.92 Å². The second kappa shape index (κ2) is 7.54. The lowest BCUT2D eigenvalue weighted by molar-refractivity contribution is 0.0277. The first-order chi connectivity index (χ1) is 8.99. The Kier molecular flexibility index (Phi) is 6.36. The first-order valence-corrected chi connectivity index (χ1v) is 7.44. The lowest BCUT2D eigenvalue weighted by atomic mass is 10.00. The quantitative estimate of drug-likeness (QED) is 0.789. The van der Waals surface area contributed by atoms with Crippen LogP contribution in [0.4, 0.5) is 0 Å². The zero-order chi connectivity index (χ0) is 14.4. The third kappa shape index (κ3) is 4.54. The van der Waals surface area contributed by atoms with Gasteiger partial charge in [0.15, 0.2) is 0 Å². The summed E-state index contributed by atoms with van der Waals surface area (Å²) in [5, 5.41) is 10.1. The summed E-state index contributed by atoms with van der Waals surface area (Å²) in [5.41, 5.74) is 2.41. The van der Waals surface area contributed by atoms with Gasteiger partial charge in [0, 0.05) is 0 Å². The number of aliphatic hydroxyl groups excluding tert-OH is 1. The van der Waals surface area contributed by atoms with Gasteiger partial charge in [0.2, 0.25) is 0 Å². The van der Waals surface area contributed by atoms with Crippen molar-refractivity contribution in [2.45, 2.75) is 72.0 Å². The zero-order valence-corrected chi connectivity index (χ0v) is 12.9. The van der Waals surface area contributed by atoms with Gasteiger partial charge in [-0.3, -0.25) is 0 Å². The van der Waals surface area contributed by atoms with Crippen LogP contribution in [0.2, 0.25) is 0 Å². The van der Waals surface area contributed by atoms with E-state index in [-0.39, 0.29) is 12.2 Å². The molecule has 0 aliphatic carbocycles. The highest BCUT2D eigenvalue weighted by Crippen LogP contribution is 2.29. The van der Waals surface area contributed by atoms with E-state index < -0.39 is 0 Å². The molecule has 0 amide bonds. The molecule has 0 bridgehead atoms. The van der Waals surface area contributed by atoms with E-state index in [1.807, 2.05) is 0 Å². The molecule has 0 heterocycles. The van der Waals surface area contributed by atoms with Gasteiger partial charge in [0.1, 0.15) is 11.9 Å². The van der Waals surface area contributed by atoms with Crippen LogP contribution in [0.3, 0.4) is 0 Å². The summed E-state index contributed by atoms with van der Waals surface area (Å²) in [6, 6.07) is 6.33. The van der Waals surface area contributed by atoms with Crippen LogP contribution in [0.5, 0.6) is 5.75 Å². The van der Waals surface area contributed by atoms with E-state index in [0.717, 1.165) is 25.0 Å². The molecule has 1 aromatic carbocycles. The Hall–Kier alpha value is -1.02. The predicted octanol–water partition coefficient (Wildman–Crippen LogP) is 4.44. The van der Waals surface area contributed by atoms with Gasteiger partial charge in [0.25, 0.3) is 0 Å². The average Bonchev–Trinajstić information content (AvgIpc) is 2.35. The molecular weight excluding hydrogens is 236 g/mol. The summed E-state index contributed by atoms with van der Waals surface area (Å²) in [4.78, 5) is 0. The van der Waals surface area contributed by atoms with Crippen molar-refractivity contribution < 1.29 is 9.84 Å². The van der Waals surface area contributed by atoms with E-state index in [0.29, 0.717) is 5.92 Å². The predicted molar refractivity (Wildman–Crippen MR) is 80.9 cm³/mol. The van der Waals surface area contributed by atoms with Gasteiger partial charge in [-0.2, -0.15) is 0 Å². The molecule has 0 aliphatic rings. The van der Waals surface area contributed by atoms with Crippen molar-refractivity contribution in [3.8, 4) is 5.75 Å². The minimum Gasteiger partial charge on any atom is -0.487 e. The van der Waals surface area contributed by atoms with Crippen LogP contribution >= 0.6 is 0 Å². The second-order valence-electron chi connectivity index (χ2n) is 5.62. The van der Waals surface area contributed by atoms with Gasteiger partial charge < -0.3 is 9.84 Å². The van der Waals surface area contributed by atoms with Gasteiger partial charge in [-0.05, 0) is 42.9 Å². The van der Waals surface area contributed by atoms with Crippen molar-refractivity contribution in [2.75, 3.05) is 0 Å². The number of aryl methyl sites for hydroxylation is 1. The largest absolute Gasteiger partial charge is 0.487 e. The molecule has 108 valence electrons. The van der Waals surface area contributed by atoms with Crippen LogP contribution in [-0.4, -0.2) is 17.3 Å². The van der Waals surface area contributed by atoms with Crippen molar-refractivity contribution >= 4 is 0 Å². The molecule has 2 heteroatoms. The molecule has 0 aliphatic heterocycles. The number of hydrogen-bond donors (Lipinski definition) is 1. The molecule has 1 aromatic rings. The SMILES string of the molecule is CCCC(O)C(CC)Oc1cc(C)ccc1C(C)C. The van der Waals surface area contributed by atoms with E-state index in [2.05, 4.69) is 52.8 Å². The normalized spacial score (nSPS) is 14.5. The molecule has 0 fully saturated rings. The van der Waals surface area contributed by atoms with Crippen molar-refractivity contribution in [2.24, 2.45) is 0 Å². The lowest BCUT2D eigenvalue weighted by Crippen LogP contribution is -2.31. The standard InChI is InChI=1S/C17H28O2/c1-6-8-15(18)16(7-2)19-17-11-13(5)9-10-14(17)12(3)4/h9-12,15-16,18H,6-8H2,1-5H3. The minimum absolute atomic E-state index is 0.112. The van der Waals surface area contributed by atoms with Gasteiger partial charge in [-0.1, -0.05) is 46.2 Å². The Morgan fingerprint density at radius 1 is 1.21 bits per heavy atom. The summed E-state index contributed by atoms with van der Waals surface area (Å²) in [7, 11) is 0. The maximum atomic E-state index is 10.1. The monoisotopic (exact) mass is 264 g/mol. The number of ether oxygens (including phenoxy) is 1. The van der Waals surface area contributed by atoms with Crippen molar-refractivity contribution in [1.29, 1.82) is 0 Å². The fraction of sp³-hybridized carbons (Fsp3) is 0.647. The summed E-state index contributed by atoms with van der Waals surface area (Å²) in [6.45, 7) is 10.6. The molecular formula is C17H28O2. The Morgan fingerprint density at radius 3 is 2.42 bits per heavy atom. The van der Waals surface area contributed by atoms with Crippen LogP contribution in [-0.2, 0) is 0 Å². The van der Waals surface area contributed by atoms with E-state index in [4.69, 9.17) is 4.74 Å². The van der Waals surface area contributed by atoms with E-state index in [1.54, 1.807) is 0 Å². The third-order valence-electron chi connectivity index (χ3n) is 3.49. The van der Waals surface area contributed by atoms with E-state index in [1.165, 1.54) is 11.1 Å². The minimum atomic E-state index is -0.379. The Bertz CT molecular complexity index is 385. The maximum Gasteiger partial charge on any atom is 0.124 e. The highest BCUT2D eigenvalue weighted by atomic mass is 16.5. The Balaban J connectivity index is 2.92. The molecule has 2 unspecified atom stereocenters. The van der Waals surface area contributed by atoms with E-state index >= 15 is 0 Å². The maximum absolute atomic E-state index is 10.1. The number of benzene rings is 1. The van der Waals surface area contributed by atoms with Gasteiger partial charge in [-0.15, -0.1) is 0 Å². The number of hydrogen-bond acceptors (Lipinski definition) is 2. The average molecular weight is 264 g/mol. The van der Waals surface area contributed by atoms with Gasteiger partial charge in [0.05, 0.1) is 6.10 Å². The Labute approximate surface area is 117 Å². The van der Waals surface area contributed by atoms with Crippen LogP contribution < -0.4 is 4.74 Å². The molecule has 1 rings (SSSR count). The number of aliphatic hydroxyl groups is 1. The number of rotatable bonds is 7. The van der Waals surface area contributed by atoms with Crippen molar-refractivity contribution in [3.05, 3.63) is 29.3 Å². The first kappa shape index (κ1) is 16.0. The third-order valence-corrected chi connectivity index (χ3v) is 3.49. The summed E-state index contributed by atoms with van der Waals surface area (Å²) in [6.07, 6.45) is 2.11. The highest BCUT2D eigenvalue weighted by Gasteiger charge is 2.20. The lowest BCUT2D eigenvalue weighted by Gasteiger charge is -2.25. The molecule has 0 aromatic heterocycles. The highest BCUT2D eigenvalue weighted by molar-refractivity contribution is 5.39. The van der Waals surface area contributed by atoms with Crippen LogP contribution in [0.1, 0.15) is 64.0 Å². The molecule has 1 N–H and O–H groups in total. The zero-order valence-electron chi connectivity index (χ0n) is 12.9. The fourth-order valence-electron chi connectivity index (χ4n) is 2.30. The van der Waals surface area contributed by atoms with Crippen molar-refractivity contribution in [1.82, 2.24) is 0 Å². The van der Waals surface area contributed by atoms with Crippen molar-refractivity contribution in [3.63, 3.8) is 0 Å². The molecule has 0 saturated carbocycles. The first-order valence-electron chi connectivity index (χ1n) is 7.44.